The Bertz CT molecular complexity index is 253. The van der Waals surface area contributed by atoms with E-state index >= 15 is 0 Å². The van der Waals surface area contributed by atoms with Crippen LogP contribution in [0, 0.1) is 11.8 Å². The second kappa shape index (κ2) is 12.2. The summed E-state index contributed by atoms with van der Waals surface area (Å²) in [7, 11) is 0. The first-order chi connectivity index (χ1) is 8.99. The molecular weight excluding hydrogens is 364 g/mol. The highest BCUT2D eigenvalue weighted by atomic mass is 79.9. The summed E-state index contributed by atoms with van der Waals surface area (Å²) in [6.07, 6.45) is 13.4. The van der Waals surface area contributed by atoms with Gasteiger partial charge < -0.3 is 0 Å². The van der Waals surface area contributed by atoms with Gasteiger partial charge in [0.2, 0.25) is 0 Å². The van der Waals surface area contributed by atoms with E-state index in [-0.39, 0.29) is 0 Å². The van der Waals surface area contributed by atoms with Crippen LogP contribution in [0.4, 0.5) is 0 Å². The summed E-state index contributed by atoms with van der Waals surface area (Å²) >= 11 is 7.46. The van der Waals surface area contributed by atoms with E-state index < -0.39 is 0 Å². The highest BCUT2D eigenvalue weighted by molar-refractivity contribution is 9.12. The van der Waals surface area contributed by atoms with Crippen LogP contribution in [0.5, 0.6) is 0 Å². The zero-order valence-electron chi connectivity index (χ0n) is 13.0. The topological polar surface area (TPSA) is 0 Å². The number of halogens is 2. The van der Waals surface area contributed by atoms with E-state index in [1.165, 1.54) is 53.9 Å². The van der Waals surface area contributed by atoms with Gasteiger partial charge in [0.15, 0.2) is 0 Å². The van der Waals surface area contributed by atoms with Gasteiger partial charge in [0.1, 0.15) is 0 Å². The van der Waals surface area contributed by atoms with E-state index in [9.17, 15) is 0 Å². The summed E-state index contributed by atoms with van der Waals surface area (Å²) in [6, 6.07) is 0. The summed E-state index contributed by atoms with van der Waals surface area (Å²) in [4.78, 5) is 0. The highest BCUT2D eigenvalue weighted by Crippen LogP contribution is 2.26. The molecule has 0 aromatic heterocycles. The Morgan fingerprint density at radius 2 is 1.32 bits per heavy atom. The summed E-state index contributed by atoms with van der Waals surface area (Å²) in [6.45, 7) is 9.09. The first-order valence-electron chi connectivity index (χ1n) is 7.71. The van der Waals surface area contributed by atoms with Crippen LogP contribution >= 0.6 is 31.9 Å². The maximum atomic E-state index is 3.73. The van der Waals surface area contributed by atoms with Gasteiger partial charge >= 0.3 is 0 Å². The molecule has 0 radical (unpaired) electrons. The third-order valence-corrected chi connectivity index (χ3v) is 4.39. The van der Waals surface area contributed by atoms with Gasteiger partial charge in [0, 0.05) is 0 Å². The van der Waals surface area contributed by atoms with Crippen LogP contribution in [-0.2, 0) is 0 Å². The Morgan fingerprint density at radius 3 is 1.63 bits per heavy atom. The monoisotopic (exact) mass is 392 g/mol. The molecule has 0 unspecified atom stereocenters. The van der Waals surface area contributed by atoms with Gasteiger partial charge in [-0.25, -0.2) is 0 Å². The summed E-state index contributed by atoms with van der Waals surface area (Å²) in [5, 5.41) is 0. The standard InChI is InChI=1S/C17H30Br2/c1-5-7-9-16(18)12-15(11-14(3)4)13-17(19)10-8-6-2/h12-15H,5-11H2,1-4H3. The summed E-state index contributed by atoms with van der Waals surface area (Å²) in [5.74, 6) is 1.29. The van der Waals surface area contributed by atoms with Crippen molar-refractivity contribution in [2.75, 3.05) is 0 Å². The first kappa shape index (κ1) is 19.4. The molecule has 0 aromatic rings. The van der Waals surface area contributed by atoms with Crippen LogP contribution in [0.25, 0.3) is 0 Å². The minimum absolute atomic E-state index is 0.553. The molecule has 0 bridgehead atoms. The van der Waals surface area contributed by atoms with Crippen LogP contribution in [-0.4, -0.2) is 0 Å². The summed E-state index contributed by atoms with van der Waals surface area (Å²) < 4.78 is 2.74. The van der Waals surface area contributed by atoms with Gasteiger partial charge in [-0.2, -0.15) is 0 Å². The fraction of sp³-hybridized carbons (Fsp3) is 0.765. The maximum absolute atomic E-state index is 3.73. The Labute approximate surface area is 137 Å². The van der Waals surface area contributed by atoms with E-state index in [1.54, 1.807) is 0 Å². The van der Waals surface area contributed by atoms with Crippen molar-refractivity contribution in [3.05, 3.63) is 21.1 Å². The molecule has 0 saturated carbocycles. The van der Waals surface area contributed by atoms with Gasteiger partial charge in [-0.1, -0.05) is 84.5 Å². The molecule has 0 spiro atoms. The first-order valence-corrected chi connectivity index (χ1v) is 9.30. The van der Waals surface area contributed by atoms with E-state index in [1.807, 2.05) is 0 Å². The predicted molar refractivity (Wildman–Crippen MR) is 96.0 cm³/mol. The quantitative estimate of drug-likeness (QED) is 0.358. The molecule has 0 aliphatic heterocycles. The number of hydrogen-bond donors (Lipinski definition) is 0. The molecule has 0 atom stereocenters. The Kier molecular flexibility index (Phi) is 12.5. The molecule has 19 heavy (non-hydrogen) atoms. The van der Waals surface area contributed by atoms with Crippen molar-refractivity contribution < 1.29 is 0 Å². The molecule has 0 aliphatic carbocycles. The van der Waals surface area contributed by atoms with Crippen molar-refractivity contribution in [2.24, 2.45) is 11.8 Å². The number of allylic oxidation sites excluding steroid dienone is 4. The zero-order chi connectivity index (χ0) is 14.7. The predicted octanol–water partition coefficient (Wildman–Crippen LogP) is 7.59. The largest absolute Gasteiger partial charge is 0.0674 e. The molecule has 0 amide bonds. The van der Waals surface area contributed by atoms with Crippen LogP contribution in [0.15, 0.2) is 21.1 Å². The Morgan fingerprint density at radius 1 is 0.895 bits per heavy atom. The smallest absolute Gasteiger partial charge is 0.00291 e. The minimum Gasteiger partial charge on any atom is -0.0674 e. The van der Waals surface area contributed by atoms with Crippen molar-refractivity contribution in [2.45, 2.75) is 72.6 Å². The highest BCUT2D eigenvalue weighted by Gasteiger charge is 2.08. The van der Waals surface area contributed by atoms with Gasteiger partial charge in [0.05, 0.1) is 0 Å². The average molecular weight is 394 g/mol. The van der Waals surface area contributed by atoms with Crippen molar-refractivity contribution in [3.8, 4) is 0 Å². The molecular formula is C17H30Br2. The second-order valence-corrected chi connectivity index (χ2v) is 7.76. The lowest BCUT2D eigenvalue weighted by atomic mass is 9.95. The average Bonchev–Trinajstić information content (AvgIpc) is 2.32. The lowest BCUT2D eigenvalue weighted by Crippen LogP contribution is -2.00. The molecule has 0 saturated heterocycles. The van der Waals surface area contributed by atoms with E-state index in [2.05, 4.69) is 71.7 Å². The van der Waals surface area contributed by atoms with Crippen molar-refractivity contribution in [1.29, 1.82) is 0 Å². The molecule has 0 heterocycles. The van der Waals surface area contributed by atoms with Gasteiger partial charge in [0.25, 0.3) is 0 Å². The normalized spacial score (nSPS) is 15.1. The zero-order valence-corrected chi connectivity index (χ0v) is 16.2. The van der Waals surface area contributed by atoms with Crippen molar-refractivity contribution in [1.82, 2.24) is 0 Å². The molecule has 2 heteroatoms. The van der Waals surface area contributed by atoms with Crippen LogP contribution in [0.3, 0.4) is 0 Å². The third-order valence-electron chi connectivity index (χ3n) is 3.07. The second-order valence-electron chi connectivity index (χ2n) is 5.73. The van der Waals surface area contributed by atoms with Crippen LogP contribution in [0.2, 0.25) is 0 Å². The van der Waals surface area contributed by atoms with E-state index in [0.717, 1.165) is 5.92 Å². The van der Waals surface area contributed by atoms with Gasteiger partial charge in [-0.05, 0) is 52.9 Å². The number of unbranched alkanes of at least 4 members (excludes halogenated alkanes) is 2. The molecule has 0 aliphatic rings. The number of rotatable bonds is 10. The van der Waals surface area contributed by atoms with Crippen molar-refractivity contribution in [3.63, 3.8) is 0 Å². The maximum Gasteiger partial charge on any atom is -0.00291 e. The lowest BCUT2D eigenvalue weighted by Gasteiger charge is -2.13. The van der Waals surface area contributed by atoms with Gasteiger partial charge in [-0.15, -0.1) is 0 Å². The SMILES string of the molecule is CCCCC(Br)=CC(C=C(Br)CCCC)CC(C)C. The third kappa shape index (κ3) is 11.9. The molecule has 0 nitrogen and oxygen atoms in total. The Hall–Kier alpha value is 0.440. The molecule has 0 fully saturated rings. The minimum atomic E-state index is 0.553. The van der Waals surface area contributed by atoms with Gasteiger partial charge in [-0.3, -0.25) is 0 Å². The lowest BCUT2D eigenvalue weighted by molar-refractivity contribution is 0.530. The fourth-order valence-corrected chi connectivity index (χ4v) is 3.29. The summed E-state index contributed by atoms with van der Waals surface area (Å²) in [5.41, 5.74) is 0. The van der Waals surface area contributed by atoms with Crippen molar-refractivity contribution >= 4 is 31.9 Å². The van der Waals surface area contributed by atoms with E-state index in [0.29, 0.717) is 5.92 Å². The fourth-order valence-electron chi connectivity index (χ4n) is 2.05. The number of hydrogen-bond acceptors (Lipinski definition) is 0. The van der Waals surface area contributed by atoms with Crippen LogP contribution < -0.4 is 0 Å². The van der Waals surface area contributed by atoms with E-state index in [4.69, 9.17) is 0 Å². The van der Waals surface area contributed by atoms with Crippen LogP contribution in [0.1, 0.15) is 72.6 Å². The molecule has 0 aromatic carbocycles. The molecule has 0 rings (SSSR count). The Balaban J connectivity index is 4.61. The molecule has 112 valence electrons. The molecule has 0 N–H and O–H groups in total.